The number of hydrogen-bond donors (Lipinski definition) is 2. The van der Waals surface area contributed by atoms with Crippen LogP contribution in [0.15, 0.2) is 18.2 Å². The number of aliphatic hydroxyl groups excluding tert-OH is 1. The molecule has 0 radical (unpaired) electrons. The van der Waals surface area contributed by atoms with Crippen molar-refractivity contribution >= 4 is 0 Å². The Kier molecular flexibility index (Phi) is 3.49. The summed E-state index contributed by atoms with van der Waals surface area (Å²) in [4.78, 5) is 0. The third-order valence-electron chi connectivity index (χ3n) is 5.77. The van der Waals surface area contributed by atoms with Crippen molar-refractivity contribution in [1.82, 2.24) is 0 Å². The average Bonchev–Trinajstić information content (AvgIpc) is 2.43. The molecule has 2 nitrogen and oxygen atoms in total. The zero-order valence-electron chi connectivity index (χ0n) is 12.0. The summed E-state index contributed by atoms with van der Waals surface area (Å²) in [5.41, 5.74) is 1.03. The van der Waals surface area contributed by atoms with Crippen molar-refractivity contribution in [3.8, 4) is 5.75 Å². The van der Waals surface area contributed by atoms with Crippen LogP contribution >= 0.6 is 0 Å². The Balaban J connectivity index is 1.80. The molecule has 2 aliphatic carbocycles. The van der Waals surface area contributed by atoms with Crippen LogP contribution < -0.4 is 0 Å². The highest BCUT2D eigenvalue weighted by Crippen LogP contribution is 2.53. The molecule has 3 rings (SSSR count). The number of aromatic hydroxyl groups is 1. The first-order valence-electron chi connectivity index (χ1n) is 7.67. The summed E-state index contributed by atoms with van der Waals surface area (Å²) in [6.45, 7) is 2.22. The molecule has 0 saturated heterocycles. The molecule has 4 atom stereocenters. The second-order valence-electron chi connectivity index (χ2n) is 6.83. The molecule has 0 aliphatic heterocycles. The maximum atomic E-state index is 13.5. The molecule has 0 bridgehead atoms. The van der Waals surface area contributed by atoms with Gasteiger partial charge in [0.25, 0.3) is 0 Å². The summed E-state index contributed by atoms with van der Waals surface area (Å²) >= 11 is 0. The monoisotopic (exact) mass is 278 g/mol. The zero-order valence-corrected chi connectivity index (χ0v) is 12.0. The predicted molar refractivity (Wildman–Crippen MR) is 76.1 cm³/mol. The van der Waals surface area contributed by atoms with E-state index in [0.29, 0.717) is 11.8 Å². The highest BCUT2D eigenvalue weighted by Gasteiger charge is 2.46. The first-order chi connectivity index (χ1) is 9.50. The molecule has 2 N–H and O–H groups in total. The Morgan fingerprint density at radius 1 is 1.25 bits per heavy atom. The van der Waals surface area contributed by atoms with Gasteiger partial charge < -0.3 is 10.2 Å². The molecular formula is C17H23FO2. The first kappa shape index (κ1) is 13.9. The lowest BCUT2D eigenvalue weighted by Gasteiger charge is -2.50. The van der Waals surface area contributed by atoms with Gasteiger partial charge in [-0.1, -0.05) is 19.4 Å². The van der Waals surface area contributed by atoms with E-state index in [1.807, 2.05) is 6.07 Å². The van der Waals surface area contributed by atoms with Crippen molar-refractivity contribution in [3.63, 3.8) is 0 Å². The lowest BCUT2D eigenvalue weighted by atomic mass is 9.56. The van der Waals surface area contributed by atoms with Crippen LogP contribution in [0.2, 0.25) is 0 Å². The van der Waals surface area contributed by atoms with Gasteiger partial charge >= 0.3 is 0 Å². The molecule has 1 aromatic carbocycles. The van der Waals surface area contributed by atoms with Gasteiger partial charge in [-0.25, -0.2) is 4.39 Å². The normalized spacial score (nSPS) is 37.5. The number of phenolic OH excluding ortho intramolecular Hbond substituents is 1. The van der Waals surface area contributed by atoms with E-state index < -0.39 is 5.82 Å². The second kappa shape index (κ2) is 5.03. The summed E-state index contributed by atoms with van der Waals surface area (Å²) in [6.07, 6.45) is 6.03. The largest absolute Gasteiger partial charge is 0.505 e. The van der Waals surface area contributed by atoms with E-state index >= 15 is 0 Å². The fourth-order valence-corrected chi connectivity index (χ4v) is 4.27. The smallest absolute Gasteiger partial charge is 0.165 e. The van der Waals surface area contributed by atoms with Crippen molar-refractivity contribution in [1.29, 1.82) is 0 Å². The van der Waals surface area contributed by atoms with Gasteiger partial charge in [-0.2, -0.15) is 0 Å². The number of rotatable bonds is 1. The van der Waals surface area contributed by atoms with Crippen molar-refractivity contribution in [2.45, 2.75) is 57.5 Å². The average molecular weight is 278 g/mol. The van der Waals surface area contributed by atoms with Gasteiger partial charge in [0.1, 0.15) is 0 Å². The Morgan fingerprint density at radius 3 is 2.80 bits per heavy atom. The molecule has 2 fully saturated rings. The molecule has 110 valence electrons. The van der Waals surface area contributed by atoms with Gasteiger partial charge in [0.2, 0.25) is 0 Å². The molecule has 0 spiro atoms. The minimum Gasteiger partial charge on any atom is -0.505 e. The van der Waals surface area contributed by atoms with Crippen LogP contribution in [0.4, 0.5) is 4.39 Å². The highest BCUT2D eigenvalue weighted by atomic mass is 19.1. The lowest BCUT2D eigenvalue weighted by Crippen LogP contribution is -2.45. The van der Waals surface area contributed by atoms with Crippen LogP contribution in [0.1, 0.15) is 56.9 Å². The first-order valence-corrected chi connectivity index (χ1v) is 7.67. The fraction of sp³-hybridized carbons (Fsp3) is 0.647. The molecule has 2 saturated carbocycles. The van der Waals surface area contributed by atoms with Gasteiger partial charge in [-0.15, -0.1) is 0 Å². The summed E-state index contributed by atoms with van der Waals surface area (Å²) < 4.78 is 13.5. The van der Waals surface area contributed by atoms with Gasteiger partial charge in [0, 0.05) is 0 Å². The summed E-state index contributed by atoms with van der Waals surface area (Å²) in [5, 5.41) is 19.6. The topological polar surface area (TPSA) is 40.5 Å². The van der Waals surface area contributed by atoms with Gasteiger partial charge in [0.15, 0.2) is 11.6 Å². The van der Waals surface area contributed by atoms with Crippen molar-refractivity contribution < 1.29 is 14.6 Å². The van der Waals surface area contributed by atoms with E-state index in [-0.39, 0.29) is 17.3 Å². The third kappa shape index (κ3) is 2.22. The van der Waals surface area contributed by atoms with E-state index in [1.54, 1.807) is 0 Å². The van der Waals surface area contributed by atoms with Gasteiger partial charge in [-0.3, -0.25) is 0 Å². The van der Waals surface area contributed by atoms with E-state index in [2.05, 4.69) is 6.92 Å². The summed E-state index contributed by atoms with van der Waals surface area (Å²) in [5.74, 6) is 0.0809. The van der Waals surface area contributed by atoms with E-state index in [4.69, 9.17) is 0 Å². The molecule has 0 aromatic heterocycles. The van der Waals surface area contributed by atoms with E-state index in [0.717, 1.165) is 37.7 Å². The zero-order chi connectivity index (χ0) is 14.3. The summed E-state index contributed by atoms with van der Waals surface area (Å²) in [6, 6.07) is 4.76. The minimum atomic E-state index is -0.528. The van der Waals surface area contributed by atoms with Crippen molar-refractivity contribution in [2.24, 2.45) is 11.3 Å². The van der Waals surface area contributed by atoms with Crippen LogP contribution in [0.25, 0.3) is 0 Å². The molecule has 20 heavy (non-hydrogen) atoms. The quantitative estimate of drug-likeness (QED) is 0.816. The number of phenols is 1. The van der Waals surface area contributed by atoms with Crippen LogP contribution in [0.5, 0.6) is 5.75 Å². The van der Waals surface area contributed by atoms with Gasteiger partial charge in [0.05, 0.1) is 6.10 Å². The van der Waals surface area contributed by atoms with E-state index in [1.165, 1.54) is 18.6 Å². The standard InChI is InChI=1S/C17H23FO2/c1-17-8-7-12(9-13(17)3-2-4-16(17)20)11-5-6-15(19)14(18)10-11/h5-6,10,12-13,16,19-20H,2-4,7-9H2,1H3/t12-,13-,16-,17-/m0/s1. The van der Waals surface area contributed by atoms with Crippen LogP contribution in [0.3, 0.4) is 0 Å². The van der Waals surface area contributed by atoms with Gasteiger partial charge in [-0.05, 0) is 67.1 Å². The molecule has 0 amide bonds. The SMILES string of the molecule is C[C@]12CC[C@H](c3ccc(O)c(F)c3)C[C@@H]1CCC[C@@H]2O. The molecule has 0 heterocycles. The molecule has 0 unspecified atom stereocenters. The fourth-order valence-electron chi connectivity index (χ4n) is 4.27. The Hall–Kier alpha value is -1.09. The number of hydrogen-bond acceptors (Lipinski definition) is 2. The summed E-state index contributed by atoms with van der Waals surface area (Å²) in [7, 11) is 0. The molecule has 3 heteroatoms. The lowest BCUT2D eigenvalue weighted by molar-refractivity contribution is -0.0694. The van der Waals surface area contributed by atoms with E-state index in [9.17, 15) is 14.6 Å². The van der Waals surface area contributed by atoms with Crippen LogP contribution in [-0.4, -0.2) is 16.3 Å². The van der Waals surface area contributed by atoms with Crippen molar-refractivity contribution in [3.05, 3.63) is 29.6 Å². The number of aliphatic hydroxyl groups is 1. The van der Waals surface area contributed by atoms with Crippen LogP contribution in [0, 0.1) is 17.2 Å². The highest BCUT2D eigenvalue weighted by molar-refractivity contribution is 5.30. The van der Waals surface area contributed by atoms with Crippen LogP contribution in [-0.2, 0) is 0 Å². The Morgan fingerprint density at radius 2 is 2.05 bits per heavy atom. The maximum absolute atomic E-state index is 13.5. The molecule has 2 aliphatic rings. The molecule has 1 aromatic rings. The third-order valence-corrected chi connectivity index (χ3v) is 5.77. The maximum Gasteiger partial charge on any atom is 0.165 e. The Bertz CT molecular complexity index is 502. The number of fused-ring (bicyclic) bond motifs is 1. The predicted octanol–water partition coefficient (Wildman–Crippen LogP) is 3.97. The number of benzene rings is 1. The Labute approximate surface area is 119 Å². The molecular weight excluding hydrogens is 255 g/mol. The second-order valence-corrected chi connectivity index (χ2v) is 6.83. The minimum absolute atomic E-state index is 0.0458. The van der Waals surface area contributed by atoms with Crippen molar-refractivity contribution in [2.75, 3.05) is 0 Å². The number of halogens is 1.